The van der Waals surface area contributed by atoms with Gasteiger partial charge in [-0.3, -0.25) is 4.79 Å². The number of ether oxygens (including phenoxy) is 1. The maximum Gasteiger partial charge on any atom is 0.240 e. The highest BCUT2D eigenvalue weighted by molar-refractivity contribution is 9.10. The molecule has 1 aliphatic rings. The third-order valence-electron chi connectivity index (χ3n) is 3.99. The molecule has 1 atom stereocenters. The van der Waals surface area contributed by atoms with E-state index in [9.17, 15) is 4.79 Å². The first-order valence-electron chi connectivity index (χ1n) is 7.94. The van der Waals surface area contributed by atoms with Gasteiger partial charge in [0.1, 0.15) is 5.75 Å². The second-order valence-electron chi connectivity index (χ2n) is 5.64. The van der Waals surface area contributed by atoms with Crippen LogP contribution in [-0.4, -0.2) is 23.2 Å². The second-order valence-corrected chi connectivity index (χ2v) is 6.55. The summed E-state index contributed by atoms with van der Waals surface area (Å²) in [6, 6.07) is 15.8. The van der Waals surface area contributed by atoms with Crippen molar-refractivity contribution in [3.05, 3.63) is 64.1 Å². The van der Waals surface area contributed by atoms with Gasteiger partial charge in [0.15, 0.2) is 0 Å². The van der Waals surface area contributed by atoms with Gasteiger partial charge < -0.3 is 4.74 Å². The van der Waals surface area contributed by atoms with Crippen LogP contribution in [0.5, 0.6) is 5.75 Å². The molecule has 0 aromatic heterocycles. The van der Waals surface area contributed by atoms with Crippen LogP contribution in [0.1, 0.15) is 37.4 Å². The van der Waals surface area contributed by atoms with E-state index < -0.39 is 0 Å². The predicted octanol–water partition coefficient (Wildman–Crippen LogP) is 4.55. The molecule has 1 heterocycles. The van der Waals surface area contributed by atoms with E-state index in [4.69, 9.17) is 4.74 Å². The molecule has 2 aromatic carbocycles. The number of nitrogens with zero attached hydrogens (tertiary/aromatic N) is 2. The lowest BCUT2D eigenvalue weighted by molar-refractivity contribution is -0.130. The van der Waals surface area contributed by atoms with Crippen LogP contribution in [0.3, 0.4) is 0 Å². The number of amides is 1. The van der Waals surface area contributed by atoms with Gasteiger partial charge in [-0.05, 0) is 42.3 Å². The highest BCUT2D eigenvalue weighted by atomic mass is 79.9. The van der Waals surface area contributed by atoms with Crippen LogP contribution in [-0.2, 0) is 4.79 Å². The zero-order valence-electron chi connectivity index (χ0n) is 13.7. The van der Waals surface area contributed by atoms with E-state index >= 15 is 0 Å². The Balaban J connectivity index is 1.86. The van der Waals surface area contributed by atoms with Crippen molar-refractivity contribution >= 4 is 27.5 Å². The summed E-state index contributed by atoms with van der Waals surface area (Å²) in [6.07, 6.45) is 0.704. The van der Waals surface area contributed by atoms with Crippen LogP contribution in [0.2, 0.25) is 0 Å². The molecule has 0 saturated heterocycles. The number of carbonyl (C=O) groups excluding carboxylic acids is 1. The minimum atomic E-state index is -0.0724. The Kier molecular flexibility index (Phi) is 5.00. The first-order valence-corrected chi connectivity index (χ1v) is 8.73. The summed E-state index contributed by atoms with van der Waals surface area (Å²) in [5, 5.41) is 6.13. The predicted molar refractivity (Wildman–Crippen MR) is 98.2 cm³/mol. The molecule has 0 aliphatic carbocycles. The molecule has 3 rings (SSSR count). The van der Waals surface area contributed by atoms with Crippen molar-refractivity contribution in [1.29, 1.82) is 0 Å². The smallest absolute Gasteiger partial charge is 0.240 e. The fraction of sp³-hybridized carbons (Fsp3) is 0.263. The third kappa shape index (κ3) is 3.51. The molecule has 1 amide bonds. The Morgan fingerprint density at radius 2 is 1.88 bits per heavy atom. The van der Waals surface area contributed by atoms with Crippen molar-refractivity contribution < 1.29 is 9.53 Å². The Bertz CT molecular complexity index is 754. The number of hydrazone groups is 1. The molecule has 0 radical (unpaired) electrons. The zero-order chi connectivity index (χ0) is 17.1. The van der Waals surface area contributed by atoms with Gasteiger partial charge in [-0.25, -0.2) is 5.01 Å². The summed E-state index contributed by atoms with van der Waals surface area (Å²) in [7, 11) is 0. The molecule has 5 heteroatoms. The summed E-state index contributed by atoms with van der Waals surface area (Å²) < 4.78 is 6.51. The van der Waals surface area contributed by atoms with Crippen LogP contribution in [0.15, 0.2) is 58.1 Å². The van der Waals surface area contributed by atoms with Crippen molar-refractivity contribution in [1.82, 2.24) is 5.01 Å². The molecule has 0 saturated carbocycles. The van der Waals surface area contributed by atoms with Gasteiger partial charge in [0.05, 0.1) is 18.4 Å². The van der Waals surface area contributed by atoms with Crippen LogP contribution in [0, 0.1) is 0 Å². The Morgan fingerprint density at radius 3 is 2.46 bits per heavy atom. The Morgan fingerprint density at radius 1 is 1.21 bits per heavy atom. The lowest BCUT2D eigenvalue weighted by Crippen LogP contribution is -2.24. The molecule has 0 unspecified atom stereocenters. The minimum absolute atomic E-state index is 0.0546. The summed E-state index contributed by atoms with van der Waals surface area (Å²) in [5.41, 5.74) is 3.03. The van der Waals surface area contributed by atoms with Gasteiger partial charge in [0.2, 0.25) is 5.91 Å². The summed E-state index contributed by atoms with van der Waals surface area (Å²) >= 11 is 3.44. The van der Waals surface area contributed by atoms with Gasteiger partial charge in [0.25, 0.3) is 0 Å². The van der Waals surface area contributed by atoms with Crippen molar-refractivity contribution in [2.24, 2.45) is 5.10 Å². The molecule has 1 aliphatic heterocycles. The van der Waals surface area contributed by atoms with E-state index in [0.717, 1.165) is 27.1 Å². The largest absolute Gasteiger partial charge is 0.494 e. The maximum absolute atomic E-state index is 12.0. The quantitative estimate of drug-likeness (QED) is 0.773. The third-order valence-corrected chi connectivity index (χ3v) is 4.51. The molecule has 0 spiro atoms. The molecule has 24 heavy (non-hydrogen) atoms. The van der Waals surface area contributed by atoms with Gasteiger partial charge in [0, 0.05) is 17.8 Å². The van der Waals surface area contributed by atoms with Gasteiger partial charge in [-0.2, -0.15) is 5.10 Å². The SMILES string of the molecule is CCOc1ccc([C@H]2CC(c3ccc(Br)cc3)=NN2C(C)=O)cc1. The highest BCUT2D eigenvalue weighted by Gasteiger charge is 2.31. The van der Waals surface area contributed by atoms with E-state index in [1.165, 1.54) is 0 Å². The number of rotatable bonds is 4. The van der Waals surface area contributed by atoms with Gasteiger partial charge in [-0.15, -0.1) is 0 Å². The topological polar surface area (TPSA) is 41.9 Å². The van der Waals surface area contributed by atoms with Crippen LogP contribution < -0.4 is 4.74 Å². The monoisotopic (exact) mass is 386 g/mol. The fourth-order valence-corrected chi connectivity index (χ4v) is 3.09. The van der Waals surface area contributed by atoms with Crippen molar-refractivity contribution in [3.63, 3.8) is 0 Å². The normalized spacial score (nSPS) is 16.9. The van der Waals surface area contributed by atoms with E-state index in [1.54, 1.807) is 11.9 Å². The molecular weight excluding hydrogens is 368 g/mol. The van der Waals surface area contributed by atoms with Crippen molar-refractivity contribution in [3.8, 4) is 5.75 Å². The molecular formula is C19H19BrN2O2. The fourth-order valence-electron chi connectivity index (χ4n) is 2.83. The maximum atomic E-state index is 12.0. The first-order chi connectivity index (χ1) is 11.6. The number of hydrogen-bond acceptors (Lipinski definition) is 3. The van der Waals surface area contributed by atoms with E-state index in [-0.39, 0.29) is 11.9 Å². The second kappa shape index (κ2) is 7.18. The average molecular weight is 387 g/mol. The van der Waals surface area contributed by atoms with Crippen molar-refractivity contribution in [2.45, 2.75) is 26.3 Å². The number of carbonyl (C=O) groups is 1. The number of hydrogen-bond donors (Lipinski definition) is 0. The molecule has 0 fully saturated rings. The number of benzene rings is 2. The molecule has 4 nitrogen and oxygen atoms in total. The number of halogens is 1. The van der Waals surface area contributed by atoms with E-state index in [0.29, 0.717) is 13.0 Å². The first kappa shape index (κ1) is 16.7. The van der Waals surface area contributed by atoms with Crippen LogP contribution in [0.25, 0.3) is 0 Å². The molecule has 124 valence electrons. The lowest BCUT2D eigenvalue weighted by atomic mass is 9.98. The van der Waals surface area contributed by atoms with Gasteiger partial charge in [-0.1, -0.05) is 40.2 Å². The van der Waals surface area contributed by atoms with E-state index in [2.05, 4.69) is 21.0 Å². The standard InChI is InChI=1S/C19H19BrN2O2/c1-3-24-17-10-6-15(7-11-17)19-12-18(21-22(19)13(2)23)14-4-8-16(20)9-5-14/h4-11,19H,3,12H2,1-2H3/t19-/m1/s1. The Hall–Kier alpha value is -2.14. The molecule has 0 N–H and O–H groups in total. The van der Waals surface area contributed by atoms with Gasteiger partial charge >= 0.3 is 0 Å². The summed E-state index contributed by atoms with van der Waals surface area (Å²) in [4.78, 5) is 12.0. The average Bonchev–Trinajstić information content (AvgIpc) is 3.02. The highest BCUT2D eigenvalue weighted by Crippen LogP contribution is 2.33. The van der Waals surface area contributed by atoms with E-state index in [1.807, 2.05) is 55.5 Å². The summed E-state index contributed by atoms with van der Waals surface area (Å²) in [5.74, 6) is 0.781. The zero-order valence-corrected chi connectivity index (χ0v) is 15.3. The van der Waals surface area contributed by atoms with Crippen LogP contribution >= 0.6 is 15.9 Å². The van der Waals surface area contributed by atoms with Crippen LogP contribution in [0.4, 0.5) is 0 Å². The van der Waals surface area contributed by atoms with Crippen molar-refractivity contribution in [2.75, 3.05) is 6.61 Å². The minimum Gasteiger partial charge on any atom is -0.494 e. The lowest BCUT2D eigenvalue weighted by Gasteiger charge is -2.20. The molecule has 0 bridgehead atoms. The molecule has 2 aromatic rings. The Labute approximate surface area is 150 Å². The summed E-state index contributed by atoms with van der Waals surface area (Å²) in [6.45, 7) is 4.15.